The molecule has 1 aromatic rings. The highest BCUT2D eigenvalue weighted by Gasteiger charge is 2.12. The molecule has 21 heavy (non-hydrogen) atoms. The predicted octanol–water partition coefficient (Wildman–Crippen LogP) is 2.32. The van der Waals surface area contributed by atoms with Gasteiger partial charge in [-0.05, 0) is 12.5 Å². The minimum absolute atomic E-state index is 0.0780. The summed E-state index contributed by atoms with van der Waals surface area (Å²) in [5, 5.41) is 6.11. The molecule has 1 atom stereocenters. The maximum atomic E-state index is 11.7. The largest absolute Gasteiger partial charge is 0.445 e. The Labute approximate surface area is 127 Å². The number of carbonyl (C=O) groups excluding carboxylic acids is 1. The fraction of sp³-hybridized carbons (Fsp3) is 0.562. The summed E-state index contributed by atoms with van der Waals surface area (Å²) in [6.07, 6.45) is -0.411. The molecule has 0 aliphatic rings. The lowest BCUT2D eigenvalue weighted by molar-refractivity contribution is 0.113. The Balaban J connectivity index is 2.28. The lowest BCUT2D eigenvalue weighted by atomic mass is 10.2. The van der Waals surface area contributed by atoms with Crippen LogP contribution in [0.15, 0.2) is 30.3 Å². The van der Waals surface area contributed by atoms with Crippen LogP contribution in [-0.2, 0) is 16.1 Å². The van der Waals surface area contributed by atoms with E-state index in [-0.39, 0.29) is 12.6 Å². The van der Waals surface area contributed by atoms with Crippen LogP contribution in [0.3, 0.4) is 0 Å². The van der Waals surface area contributed by atoms with E-state index in [1.807, 2.05) is 37.3 Å². The van der Waals surface area contributed by atoms with E-state index in [0.29, 0.717) is 25.8 Å². The summed E-state index contributed by atoms with van der Waals surface area (Å²) in [5.41, 5.74) is 0.971. The monoisotopic (exact) mass is 294 g/mol. The zero-order valence-corrected chi connectivity index (χ0v) is 13.1. The molecule has 5 nitrogen and oxygen atoms in total. The van der Waals surface area contributed by atoms with Crippen LogP contribution >= 0.6 is 0 Å². The normalized spacial score (nSPS) is 12.2. The molecule has 0 aliphatic heterocycles. The maximum absolute atomic E-state index is 11.7. The first-order chi connectivity index (χ1) is 10.1. The summed E-state index contributed by atoms with van der Waals surface area (Å²) < 4.78 is 10.6. The fourth-order valence-electron chi connectivity index (χ4n) is 1.88. The van der Waals surface area contributed by atoms with Gasteiger partial charge in [-0.2, -0.15) is 0 Å². The topological polar surface area (TPSA) is 59.6 Å². The summed E-state index contributed by atoms with van der Waals surface area (Å²) >= 11 is 0. The van der Waals surface area contributed by atoms with E-state index in [2.05, 4.69) is 24.5 Å². The highest BCUT2D eigenvalue weighted by Crippen LogP contribution is 2.00. The molecule has 0 heterocycles. The maximum Gasteiger partial charge on any atom is 0.407 e. The van der Waals surface area contributed by atoms with Crippen molar-refractivity contribution in [3.8, 4) is 0 Å². The number of hydrogen-bond acceptors (Lipinski definition) is 4. The number of carbonyl (C=O) groups is 1. The first-order valence-electron chi connectivity index (χ1n) is 7.40. The van der Waals surface area contributed by atoms with E-state index in [1.54, 1.807) is 0 Å². The second-order valence-electron chi connectivity index (χ2n) is 5.12. The third-order valence-electron chi connectivity index (χ3n) is 2.80. The molecule has 1 aromatic carbocycles. The van der Waals surface area contributed by atoms with E-state index in [9.17, 15) is 4.79 Å². The van der Waals surface area contributed by atoms with Crippen molar-refractivity contribution in [2.24, 2.45) is 0 Å². The van der Waals surface area contributed by atoms with Gasteiger partial charge in [0.05, 0.1) is 6.61 Å². The molecule has 0 fully saturated rings. The van der Waals surface area contributed by atoms with Gasteiger partial charge in [-0.15, -0.1) is 0 Å². The number of nitrogens with one attached hydrogen (secondary N) is 2. The summed E-state index contributed by atoms with van der Waals surface area (Å²) in [5.74, 6) is 0. The molecule has 0 saturated carbocycles. The number of hydrogen-bond donors (Lipinski definition) is 2. The molecule has 1 amide bonds. The van der Waals surface area contributed by atoms with Crippen LogP contribution in [0, 0.1) is 0 Å². The lowest BCUT2D eigenvalue weighted by Gasteiger charge is -2.21. The van der Waals surface area contributed by atoms with Crippen LogP contribution in [0.1, 0.15) is 26.3 Å². The molecule has 118 valence electrons. The average Bonchev–Trinajstić information content (AvgIpc) is 2.48. The van der Waals surface area contributed by atoms with Crippen LogP contribution in [0.2, 0.25) is 0 Å². The Hall–Kier alpha value is -1.59. The van der Waals surface area contributed by atoms with E-state index in [4.69, 9.17) is 9.47 Å². The summed E-state index contributed by atoms with van der Waals surface area (Å²) in [7, 11) is 0. The number of rotatable bonds is 9. The number of ether oxygens (including phenoxy) is 2. The van der Waals surface area contributed by atoms with Gasteiger partial charge in [0.2, 0.25) is 0 Å². The Morgan fingerprint density at radius 2 is 1.95 bits per heavy atom. The van der Waals surface area contributed by atoms with Gasteiger partial charge in [0.25, 0.3) is 0 Å². The van der Waals surface area contributed by atoms with E-state index >= 15 is 0 Å². The lowest BCUT2D eigenvalue weighted by Crippen LogP contribution is -2.46. The SMILES string of the molecule is CCOC[C@H](CNC(=O)OCc1ccccc1)NC(C)C. The van der Waals surface area contributed by atoms with Gasteiger partial charge in [0, 0.05) is 25.2 Å². The van der Waals surface area contributed by atoms with Crippen molar-refractivity contribution in [1.82, 2.24) is 10.6 Å². The molecule has 0 aromatic heterocycles. The van der Waals surface area contributed by atoms with Crippen LogP contribution in [0.25, 0.3) is 0 Å². The second-order valence-corrected chi connectivity index (χ2v) is 5.12. The average molecular weight is 294 g/mol. The zero-order valence-electron chi connectivity index (χ0n) is 13.1. The van der Waals surface area contributed by atoms with Crippen molar-refractivity contribution in [3.05, 3.63) is 35.9 Å². The fourth-order valence-corrected chi connectivity index (χ4v) is 1.88. The quantitative estimate of drug-likeness (QED) is 0.734. The minimum Gasteiger partial charge on any atom is -0.445 e. The third kappa shape index (κ3) is 8.32. The van der Waals surface area contributed by atoms with Crippen LogP contribution in [0.4, 0.5) is 4.79 Å². The van der Waals surface area contributed by atoms with Crippen LogP contribution < -0.4 is 10.6 Å². The van der Waals surface area contributed by atoms with E-state index in [1.165, 1.54) is 0 Å². The molecule has 1 rings (SSSR count). The van der Waals surface area contributed by atoms with Gasteiger partial charge in [-0.25, -0.2) is 4.79 Å². The van der Waals surface area contributed by atoms with Crippen molar-refractivity contribution < 1.29 is 14.3 Å². The number of benzene rings is 1. The van der Waals surface area contributed by atoms with Gasteiger partial charge in [-0.3, -0.25) is 0 Å². The highest BCUT2D eigenvalue weighted by atomic mass is 16.5. The smallest absolute Gasteiger partial charge is 0.407 e. The molecule has 0 aliphatic carbocycles. The number of amides is 1. The van der Waals surface area contributed by atoms with Crippen LogP contribution in [-0.4, -0.2) is 37.9 Å². The van der Waals surface area contributed by atoms with Crippen molar-refractivity contribution in [2.45, 2.75) is 39.5 Å². The van der Waals surface area contributed by atoms with Gasteiger partial charge >= 0.3 is 6.09 Å². The van der Waals surface area contributed by atoms with E-state index < -0.39 is 6.09 Å². The minimum atomic E-state index is -0.411. The molecule has 5 heteroatoms. The van der Waals surface area contributed by atoms with Crippen molar-refractivity contribution in [2.75, 3.05) is 19.8 Å². The standard InChI is InChI=1S/C16H26N2O3/c1-4-20-12-15(18-13(2)3)10-17-16(19)21-11-14-8-6-5-7-9-14/h5-9,13,15,18H,4,10-12H2,1-3H3,(H,17,19)/t15-/m0/s1. The first kappa shape index (κ1) is 17.5. The summed E-state index contributed by atoms with van der Waals surface area (Å²) in [6.45, 7) is 8.06. The second kappa shape index (κ2) is 10.2. The van der Waals surface area contributed by atoms with Gasteiger partial charge in [-0.1, -0.05) is 44.2 Å². The third-order valence-corrected chi connectivity index (χ3v) is 2.80. The van der Waals surface area contributed by atoms with Crippen molar-refractivity contribution in [1.29, 1.82) is 0 Å². The Morgan fingerprint density at radius 1 is 1.24 bits per heavy atom. The highest BCUT2D eigenvalue weighted by molar-refractivity contribution is 5.67. The molecular weight excluding hydrogens is 268 g/mol. The molecule has 2 N–H and O–H groups in total. The van der Waals surface area contributed by atoms with Gasteiger partial charge in [0.15, 0.2) is 0 Å². The molecule has 0 saturated heterocycles. The molecule has 0 bridgehead atoms. The van der Waals surface area contributed by atoms with Gasteiger partial charge in [0.1, 0.15) is 6.61 Å². The van der Waals surface area contributed by atoms with Crippen LogP contribution in [0.5, 0.6) is 0 Å². The molecular formula is C16H26N2O3. The van der Waals surface area contributed by atoms with Crippen molar-refractivity contribution in [3.63, 3.8) is 0 Å². The Bertz CT molecular complexity index is 396. The zero-order chi connectivity index (χ0) is 15.5. The molecule has 0 unspecified atom stereocenters. The predicted molar refractivity (Wildman–Crippen MR) is 83.2 cm³/mol. The first-order valence-corrected chi connectivity index (χ1v) is 7.40. The van der Waals surface area contributed by atoms with E-state index in [0.717, 1.165) is 5.56 Å². The van der Waals surface area contributed by atoms with Crippen molar-refractivity contribution >= 4 is 6.09 Å². The summed E-state index contributed by atoms with van der Waals surface area (Å²) in [6, 6.07) is 10.0. The Kier molecular flexibility index (Phi) is 8.47. The number of alkyl carbamates (subject to hydrolysis) is 1. The van der Waals surface area contributed by atoms with Gasteiger partial charge < -0.3 is 20.1 Å². The molecule has 0 radical (unpaired) electrons. The Morgan fingerprint density at radius 3 is 2.57 bits per heavy atom. The molecule has 0 spiro atoms. The summed E-state index contributed by atoms with van der Waals surface area (Å²) in [4.78, 5) is 11.7.